The van der Waals surface area contributed by atoms with Gasteiger partial charge in [-0.3, -0.25) is 0 Å². The number of rotatable bonds is 10. The van der Waals surface area contributed by atoms with E-state index in [4.69, 9.17) is 52.4 Å². The number of ether oxygens (including phenoxy) is 5. The highest BCUT2D eigenvalue weighted by molar-refractivity contribution is 5.00. The van der Waals surface area contributed by atoms with Gasteiger partial charge < -0.3 is 83.4 Å². The first-order valence-corrected chi connectivity index (χ1v) is 14.1. The first-order valence-electron chi connectivity index (χ1n) is 14.1. The number of aliphatic hydroxyl groups is 4. The van der Waals surface area contributed by atoms with Gasteiger partial charge in [0.2, 0.25) is 0 Å². The fourth-order valence-electron chi connectivity index (χ4n) is 6.06. The van der Waals surface area contributed by atoms with Crippen LogP contribution >= 0.6 is 0 Å². The van der Waals surface area contributed by atoms with Gasteiger partial charge in [-0.25, -0.2) is 0 Å². The van der Waals surface area contributed by atoms with Gasteiger partial charge in [0.1, 0.15) is 30.5 Å². The average Bonchev–Trinajstić information content (AvgIpc) is 2.93. The monoisotopic (exact) mass is 579 g/mol. The van der Waals surface area contributed by atoms with Crippen LogP contribution < -0.4 is 39.3 Å². The highest BCUT2D eigenvalue weighted by atomic mass is 16.8. The number of hydrogen-bond acceptors (Lipinski definition) is 16. The first kappa shape index (κ1) is 32.3. The van der Waals surface area contributed by atoms with Crippen LogP contribution in [0.25, 0.3) is 0 Å². The summed E-state index contributed by atoms with van der Waals surface area (Å²) in [6, 6.07) is -2.78. The standard InChI is InChI=1S/C24H49N7O9/c1-30-17-19(34)21-14(5-12(29)22(39-21)36-13-3-2-9(27)4-11(13)28)37-23(17)40-24-20(35)18(33)16(15(8-32)38-24)31-10(6-25)7-26/h9-24,30-35H,2-8,25-29H2,1H3/t9-,11?,12?,13-,14-,15?,16+,17?,18?,19?,20?,21?,22-,23?,24+/m0/s1. The first-order chi connectivity index (χ1) is 19.1. The predicted molar refractivity (Wildman–Crippen MR) is 141 cm³/mol. The van der Waals surface area contributed by atoms with Crippen molar-refractivity contribution in [2.45, 2.75) is 124 Å². The van der Waals surface area contributed by atoms with Crippen LogP contribution in [-0.2, 0) is 23.7 Å². The second-order valence-electron chi connectivity index (χ2n) is 11.3. The molecule has 4 aliphatic rings. The van der Waals surface area contributed by atoms with Crippen molar-refractivity contribution in [1.82, 2.24) is 10.6 Å². The molecule has 3 aliphatic heterocycles. The molecule has 16 heteroatoms. The molecule has 3 saturated heterocycles. The van der Waals surface area contributed by atoms with Crippen LogP contribution in [0.2, 0.25) is 0 Å². The van der Waals surface area contributed by atoms with E-state index in [0.717, 1.165) is 6.42 Å². The Morgan fingerprint density at radius 2 is 1.55 bits per heavy atom. The van der Waals surface area contributed by atoms with Gasteiger partial charge in [-0.1, -0.05) is 0 Å². The van der Waals surface area contributed by atoms with Crippen molar-refractivity contribution in [3.8, 4) is 0 Å². The van der Waals surface area contributed by atoms with Gasteiger partial charge in [0, 0.05) is 31.2 Å². The van der Waals surface area contributed by atoms with E-state index in [1.54, 1.807) is 7.05 Å². The second kappa shape index (κ2) is 14.2. The number of nitrogens with one attached hydrogen (secondary N) is 2. The molecule has 0 bridgehead atoms. The van der Waals surface area contributed by atoms with E-state index >= 15 is 0 Å². The smallest absolute Gasteiger partial charge is 0.189 e. The molecular formula is C24H49N7O9. The zero-order chi connectivity index (χ0) is 29.1. The van der Waals surface area contributed by atoms with E-state index in [-0.39, 0.29) is 37.3 Å². The maximum Gasteiger partial charge on any atom is 0.189 e. The summed E-state index contributed by atoms with van der Waals surface area (Å²) in [6.07, 6.45) is -7.50. The zero-order valence-corrected chi connectivity index (χ0v) is 22.9. The third-order valence-electron chi connectivity index (χ3n) is 8.49. The topological polar surface area (TPSA) is 281 Å². The lowest BCUT2D eigenvalue weighted by Crippen LogP contribution is -2.70. The molecule has 40 heavy (non-hydrogen) atoms. The Hall–Kier alpha value is -0.640. The Morgan fingerprint density at radius 1 is 0.825 bits per heavy atom. The van der Waals surface area contributed by atoms with E-state index in [2.05, 4.69) is 10.6 Å². The van der Waals surface area contributed by atoms with E-state index < -0.39 is 80.2 Å². The lowest BCUT2D eigenvalue weighted by molar-refractivity contribution is -0.372. The number of fused-ring (bicyclic) bond motifs is 1. The van der Waals surface area contributed by atoms with Crippen LogP contribution in [0.3, 0.4) is 0 Å². The summed E-state index contributed by atoms with van der Waals surface area (Å²) in [5.74, 6) is 0. The molecule has 1 saturated carbocycles. The highest BCUT2D eigenvalue weighted by Gasteiger charge is 2.53. The molecule has 0 aromatic rings. The summed E-state index contributed by atoms with van der Waals surface area (Å²) in [7, 11) is 1.62. The molecule has 16 nitrogen and oxygen atoms in total. The number of likely N-dealkylation sites (N-methyl/N-ethyl adjacent to an activating group) is 1. The third-order valence-corrected chi connectivity index (χ3v) is 8.49. The van der Waals surface area contributed by atoms with Gasteiger partial charge in [0.05, 0.1) is 36.9 Å². The van der Waals surface area contributed by atoms with Crippen molar-refractivity contribution in [3.63, 3.8) is 0 Å². The molecule has 0 spiro atoms. The van der Waals surface area contributed by atoms with Crippen LogP contribution in [0.4, 0.5) is 0 Å². The average molecular weight is 580 g/mol. The van der Waals surface area contributed by atoms with Crippen LogP contribution in [0.15, 0.2) is 0 Å². The van der Waals surface area contributed by atoms with Crippen LogP contribution in [0, 0.1) is 0 Å². The summed E-state index contributed by atoms with van der Waals surface area (Å²) >= 11 is 0. The molecule has 0 aromatic heterocycles. The lowest BCUT2D eigenvalue weighted by Gasteiger charge is -2.51. The van der Waals surface area contributed by atoms with Gasteiger partial charge in [0.15, 0.2) is 18.9 Å². The van der Waals surface area contributed by atoms with Gasteiger partial charge >= 0.3 is 0 Å². The maximum atomic E-state index is 11.3. The summed E-state index contributed by atoms with van der Waals surface area (Å²) in [5.41, 5.74) is 30.0. The molecular weight excluding hydrogens is 530 g/mol. The lowest BCUT2D eigenvalue weighted by atomic mass is 9.88. The molecule has 0 amide bonds. The number of hydrogen-bond donors (Lipinski definition) is 11. The van der Waals surface area contributed by atoms with Crippen molar-refractivity contribution in [1.29, 1.82) is 0 Å². The van der Waals surface area contributed by atoms with Crippen molar-refractivity contribution < 1.29 is 44.1 Å². The van der Waals surface area contributed by atoms with E-state index in [9.17, 15) is 20.4 Å². The van der Waals surface area contributed by atoms with Crippen molar-refractivity contribution in [2.75, 3.05) is 26.7 Å². The summed E-state index contributed by atoms with van der Waals surface area (Å²) in [5, 5.41) is 48.9. The molecule has 234 valence electrons. The fourth-order valence-corrected chi connectivity index (χ4v) is 6.06. The highest BCUT2D eigenvalue weighted by Crippen LogP contribution is 2.35. The van der Waals surface area contributed by atoms with Crippen molar-refractivity contribution >= 4 is 0 Å². The van der Waals surface area contributed by atoms with E-state index in [1.807, 2.05) is 0 Å². The SMILES string of the molecule is CNC1C(O[C@H]2OC(CO)[C@@H](NC(CN)CN)C(O)C2O)O[C@H]2CC(N)[C@@H](O[C@H]3CC[C@H](N)CC3N)OC2C1O. The third kappa shape index (κ3) is 6.94. The molecule has 1 aliphatic carbocycles. The van der Waals surface area contributed by atoms with E-state index in [0.29, 0.717) is 19.3 Å². The Kier molecular flexibility index (Phi) is 11.5. The maximum absolute atomic E-state index is 11.3. The van der Waals surface area contributed by atoms with Crippen LogP contribution in [-0.4, -0.2) is 145 Å². The minimum absolute atomic E-state index is 0.0402. The normalized spacial score (nSPS) is 48.2. The van der Waals surface area contributed by atoms with Crippen LogP contribution in [0.5, 0.6) is 0 Å². The number of aliphatic hydroxyl groups excluding tert-OH is 4. The zero-order valence-electron chi connectivity index (χ0n) is 22.9. The molecule has 0 radical (unpaired) electrons. The van der Waals surface area contributed by atoms with Gasteiger partial charge in [-0.15, -0.1) is 0 Å². The Bertz CT molecular complexity index is 785. The fraction of sp³-hybridized carbons (Fsp3) is 1.00. The Balaban J connectivity index is 1.40. The predicted octanol–water partition coefficient (Wildman–Crippen LogP) is -5.97. The molecule has 9 unspecified atom stereocenters. The minimum atomic E-state index is -1.51. The van der Waals surface area contributed by atoms with E-state index in [1.165, 1.54) is 0 Å². The quantitative estimate of drug-likeness (QED) is 0.115. The molecule has 3 heterocycles. The largest absolute Gasteiger partial charge is 0.394 e. The minimum Gasteiger partial charge on any atom is -0.394 e. The summed E-state index contributed by atoms with van der Waals surface area (Å²) < 4.78 is 30.2. The Labute approximate surface area is 234 Å². The molecule has 15 atom stereocenters. The summed E-state index contributed by atoms with van der Waals surface area (Å²) in [6.45, 7) is -0.101. The van der Waals surface area contributed by atoms with Gasteiger partial charge in [-0.2, -0.15) is 0 Å². The molecule has 16 N–H and O–H groups in total. The molecule has 4 rings (SSSR count). The van der Waals surface area contributed by atoms with Crippen LogP contribution in [0.1, 0.15) is 25.7 Å². The van der Waals surface area contributed by atoms with Gasteiger partial charge in [0.25, 0.3) is 0 Å². The molecule has 0 aromatic carbocycles. The van der Waals surface area contributed by atoms with Crippen molar-refractivity contribution in [2.24, 2.45) is 28.7 Å². The van der Waals surface area contributed by atoms with Gasteiger partial charge in [-0.05, 0) is 32.7 Å². The second-order valence-corrected chi connectivity index (χ2v) is 11.3. The Morgan fingerprint density at radius 3 is 2.17 bits per heavy atom. The molecule has 4 fully saturated rings. The number of nitrogens with two attached hydrogens (primary N) is 5. The van der Waals surface area contributed by atoms with Crippen molar-refractivity contribution in [3.05, 3.63) is 0 Å². The summed E-state index contributed by atoms with van der Waals surface area (Å²) in [4.78, 5) is 0.